The Morgan fingerprint density at radius 2 is 2.00 bits per heavy atom. The number of carbonyl (C=O) groups is 1. The van der Waals surface area contributed by atoms with E-state index in [4.69, 9.17) is 4.42 Å². The maximum atomic E-state index is 13.1. The second-order valence-corrected chi connectivity index (χ2v) is 9.52. The van der Waals surface area contributed by atoms with Gasteiger partial charge in [-0.1, -0.05) is 29.8 Å². The fourth-order valence-electron chi connectivity index (χ4n) is 3.65. The zero-order valence-corrected chi connectivity index (χ0v) is 17.4. The molecule has 1 atom stereocenters. The van der Waals surface area contributed by atoms with Gasteiger partial charge in [-0.15, -0.1) is 0 Å². The van der Waals surface area contributed by atoms with Crippen molar-refractivity contribution in [2.24, 2.45) is 5.92 Å². The van der Waals surface area contributed by atoms with Crippen LogP contribution in [0.4, 0.5) is 0 Å². The predicted molar refractivity (Wildman–Crippen MR) is 111 cm³/mol. The molecule has 1 aliphatic heterocycles. The van der Waals surface area contributed by atoms with Crippen LogP contribution in [0.5, 0.6) is 0 Å². The molecule has 1 aliphatic rings. The topological polar surface area (TPSA) is 112 Å². The highest BCUT2D eigenvalue weighted by molar-refractivity contribution is 7.89. The Morgan fingerprint density at radius 3 is 2.77 bits per heavy atom. The normalized spacial score (nSPS) is 17.8. The minimum Gasteiger partial charge on any atom is -0.408 e. The molecule has 1 amide bonds. The van der Waals surface area contributed by atoms with Crippen LogP contribution in [0.15, 0.2) is 56.6 Å². The van der Waals surface area contributed by atoms with E-state index >= 15 is 0 Å². The Hall–Kier alpha value is -2.91. The Balaban J connectivity index is 1.45. The number of fused-ring (bicyclic) bond motifs is 1. The lowest BCUT2D eigenvalue weighted by Crippen LogP contribution is -2.45. The van der Waals surface area contributed by atoms with E-state index in [0.29, 0.717) is 31.4 Å². The third kappa shape index (κ3) is 4.17. The van der Waals surface area contributed by atoms with Gasteiger partial charge in [-0.25, -0.2) is 13.2 Å². The molecule has 0 unspecified atom stereocenters. The number of rotatable bonds is 5. The van der Waals surface area contributed by atoms with Crippen LogP contribution in [0.3, 0.4) is 0 Å². The van der Waals surface area contributed by atoms with Gasteiger partial charge in [-0.2, -0.15) is 4.31 Å². The SMILES string of the molecule is Cc1ccc(CNC(=O)[C@@H]2CCCN(S(=O)(=O)c3ccc4[nH]c(=O)oc4c3)C2)cc1. The summed E-state index contributed by atoms with van der Waals surface area (Å²) >= 11 is 0. The average molecular weight is 429 g/mol. The van der Waals surface area contributed by atoms with Crippen molar-refractivity contribution in [1.82, 2.24) is 14.6 Å². The van der Waals surface area contributed by atoms with Gasteiger partial charge in [-0.3, -0.25) is 9.78 Å². The summed E-state index contributed by atoms with van der Waals surface area (Å²) in [6.45, 7) is 2.88. The molecule has 0 radical (unpaired) electrons. The molecule has 0 saturated carbocycles. The van der Waals surface area contributed by atoms with Gasteiger partial charge in [0, 0.05) is 25.7 Å². The third-order valence-electron chi connectivity index (χ3n) is 5.37. The van der Waals surface area contributed by atoms with Crippen LogP contribution in [0.25, 0.3) is 11.1 Å². The molecular formula is C21H23N3O5S. The van der Waals surface area contributed by atoms with E-state index in [2.05, 4.69) is 10.3 Å². The van der Waals surface area contributed by atoms with Crippen molar-refractivity contribution in [3.05, 3.63) is 64.1 Å². The van der Waals surface area contributed by atoms with Crippen molar-refractivity contribution in [2.75, 3.05) is 13.1 Å². The minimum atomic E-state index is -3.81. The Kier molecular flexibility index (Phi) is 5.48. The van der Waals surface area contributed by atoms with Gasteiger partial charge in [0.2, 0.25) is 15.9 Å². The van der Waals surface area contributed by atoms with E-state index in [9.17, 15) is 18.0 Å². The summed E-state index contributed by atoms with van der Waals surface area (Å²) in [7, 11) is -3.81. The first kappa shape index (κ1) is 20.4. The molecule has 8 nitrogen and oxygen atoms in total. The maximum Gasteiger partial charge on any atom is 0.417 e. The van der Waals surface area contributed by atoms with Crippen LogP contribution in [0.1, 0.15) is 24.0 Å². The molecule has 4 rings (SSSR count). The van der Waals surface area contributed by atoms with Gasteiger partial charge in [0.05, 0.1) is 16.3 Å². The number of nitrogens with one attached hydrogen (secondary N) is 2. The lowest BCUT2D eigenvalue weighted by atomic mass is 9.98. The molecule has 1 fully saturated rings. The highest BCUT2D eigenvalue weighted by atomic mass is 32.2. The Morgan fingerprint density at radius 1 is 1.23 bits per heavy atom. The highest BCUT2D eigenvalue weighted by Gasteiger charge is 2.33. The van der Waals surface area contributed by atoms with Gasteiger partial charge in [-0.05, 0) is 37.5 Å². The molecule has 0 aliphatic carbocycles. The quantitative estimate of drug-likeness (QED) is 0.645. The van der Waals surface area contributed by atoms with Crippen LogP contribution in [0.2, 0.25) is 0 Å². The van der Waals surface area contributed by atoms with Crippen LogP contribution in [-0.2, 0) is 21.4 Å². The van der Waals surface area contributed by atoms with E-state index in [1.54, 1.807) is 0 Å². The highest BCUT2D eigenvalue weighted by Crippen LogP contribution is 2.25. The molecule has 2 aromatic carbocycles. The fourth-order valence-corrected chi connectivity index (χ4v) is 5.19. The van der Waals surface area contributed by atoms with Crippen LogP contribution >= 0.6 is 0 Å². The summed E-state index contributed by atoms with van der Waals surface area (Å²) < 4.78 is 32.5. The lowest BCUT2D eigenvalue weighted by Gasteiger charge is -2.31. The van der Waals surface area contributed by atoms with E-state index in [0.717, 1.165) is 11.1 Å². The summed E-state index contributed by atoms with van der Waals surface area (Å²) in [5, 5.41) is 2.91. The maximum absolute atomic E-state index is 13.1. The second kappa shape index (κ2) is 8.08. The number of piperidine rings is 1. The average Bonchev–Trinajstić information content (AvgIpc) is 3.12. The molecule has 9 heteroatoms. The molecule has 1 aromatic heterocycles. The molecule has 1 saturated heterocycles. The summed E-state index contributed by atoms with van der Waals surface area (Å²) in [5.74, 6) is -1.20. The number of nitrogens with zero attached hydrogens (tertiary/aromatic N) is 1. The number of benzene rings is 2. The third-order valence-corrected chi connectivity index (χ3v) is 7.23. The smallest absolute Gasteiger partial charge is 0.408 e. The largest absolute Gasteiger partial charge is 0.417 e. The molecular weight excluding hydrogens is 406 g/mol. The summed E-state index contributed by atoms with van der Waals surface area (Å²) in [6, 6.07) is 12.2. The van der Waals surface area contributed by atoms with Crippen molar-refractivity contribution in [1.29, 1.82) is 0 Å². The number of sulfonamides is 1. The Labute approximate surface area is 173 Å². The van der Waals surface area contributed by atoms with Crippen molar-refractivity contribution in [3.8, 4) is 0 Å². The van der Waals surface area contributed by atoms with Crippen LogP contribution in [-0.4, -0.2) is 36.7 Å². The monoisotopic (exact) mass is 429 g/mol. The van der Waals surface area contributed by atoms with Crippen molar-refractivity contribution in [2.45, 2.75) is 31.2 Å². The van der Waals surface area contributed by atoms with Gasteiger partial charge < -0.3 is 9.73 Å². The number of oxazole rings is 1. The van der Waals surface area contributed by atoms with E-state index < -0.39 is 21.7 Å². The summed E-state index contributed by atoms with van der Waals surface area (Å²) in [6.07, 6.45) is 1.24. The number of H-pyrrole nitrogens is 1. The number of carbonyl (C=O) groups excluding carboxylic acids is 1. The van der Waals surface area contributed by atoms with Gasteiger partial charge in [0.1, 0.15) is 0 Å². The number of aromatic nitrogens is 1. The number of hydrogen-bond acceptors (Lipinski definition) is 5. The van der Waals surface area contributed by atoms with Crippen molar-refractivity contribution < 1.29 is 17.6 Å². The van der Waals surface area contributed by atoms with E-state index in [1.165, 1.54) is 22.5 Å². The molecule has 3 aromatic rings. The first-order valence-corrected chi connectivity index (χ1v) is 11.2. The summed E-state index contributed by atoms with van der Waals surface area (Å²) in [5.41, 5.74) is 2.77. The number of aryl methyl sites for hydroxylation is 1. The number of aromatic amines is 1. The number of hydrogen-bond donors (Lipinski definition) is 2. The van der Waals surface area contributed by atoms with Gasteiger partial charge in [0.15, 0.2) is 5.58 Å². The first-order chi connectivity index (χ1) is 14.3. The van der Waals surface area contributed by atoms with E-state index in [1.807, 2.05) is 31.2 Å². The van der Waals surface area contributed by atoms with Gasteiger partial charge >= 0.3 is 5.76 Å². The lowest BCUT2D eigenvalue weighted by molar-refractivity contribution is -0.126. The van der Waals surface area contributed by atoms with Crippen molar-refractivity contribution in [3.63, 3.8) is 0 Å². The Bertz CT molecular complexity index is 1230. The zero-order chi connectivity index (χ0) is 21.3. The van der Waals surface area contributed by atoms with Crippen LogP contribution in [0, 0.1) is 12.8 Å². The molecule has 2 N–H and O–H groups in total. The standard InChI is InChI=1S/C21H23N3O5S/c1-14-4-6-15(7-5-14)12-22-20(25)16-3-2-10-24(13-16)30(27,28)17-8-9-18-19(11-17)29-21(26)23-18/h4-9,11,16H,2-3,10,12-13H2,1H3,(H,22,25)(H,23,26)/t16-/m1/s1. The fraction of sp³-hybridized carbons (Fsp3) is 0.333. The molecule has 2 heterocycles. The molecule has 0 spiro atoms. The van der Waals surface area contributed by atoms with Gasteiger partial charge in [0.25, 0.3) is 0 Å². The second-order valence-electron chi connectivity index (χ2n) is 7.58. The number of amides is 1. The molecule has 0 bridgehead atoms. The van der Waals surface area contributed by atoms with E-state index in [-0.39, 0.29) is 22.9 Å². The molecule has 30 heavy (non-hydrogen) atoms. The predicted octanol–water partition coefficient (Wildman–Crippen LogP) is 2.15. The van der Waals surface area contributed by atoms with Crippen LogP contribution < -0.4 is 11.1 Å². The zero-order valence-electron chi connectivity index (χ0n) is 16.6. The molecule has 158 valence electrons. The van der Waals surface area contributed by atoms with Crippen molar-refractivity contribution >= 4 is 27.0 Å². The summed E-state index contributed by atoms with van der Waals surface area (Å²) in [4.78, 5) is 26.5. The first-order valence-electron chi connectivity index (χ1n) is 9.79. The minimum absolute atomic E-state index is 0.0402.